The lowest BCUT2D eigenvalue weighted by atomic mass is 9.82. The van der Waals surface area contributed by atoms with E-state index in [1.165, 1.54) is 12.1 Å². The molecule has 3 atom stereocenters. The lowest BCUT2D eigenvalue weighted by molar-refractivity contribution is -0.147. The van der Waals surface area contributed by atoms with Crippen LogP contribution >= 0.6 is 0 Å². The topological polar surface area (TPSA) is 142 Å². The second-order valence-electron chi connectivity index (χ2n) is 11.9. The van der Waals surface area contributed by atoms with E-state index in [1.807, 2.05) is 27.7 Å². The van der Waals surface area contributed by atoms with Crippen molar-refractivity contribution < 1.29 is 38.5 Å². The molecule has 1 rings (SSSR count). The molecule has 0 spiro atoms. The van der Waals surface area contributed by atoms with Gasteiger partial charge in [0.15, 0.2) is 11.5 Å². The lowest BCUT2D eigenvalue weighted by Crippen LogP contribution is -2.40. The van der Waals surface area contributed by atoms with Crippen LogP contribution in [0.2, 0.25) is 0 Å². The summed E-state index contributed by atoms with van der Waals surface area (Å²) in [6.07, 6.45) is 1.99. The molecule has 0 aliphatic heterocycles. The van der Waals surface area contributed by atoms with Crippen molar-refractivity contribution >= 4 is 23.9 Å². The Balaban J connectivity index is 3.46. The van der Waals surface area contributed by atoms with Crippen LogP contribution in [0.4, 0.5) is 0 Å². The fraction of sp³-hybridized carbons (Fsp3) is 0.667. The summed E-state index contributed by atoms with van der Waals surface area (Å²) in [6, 6.07) is 3.21. The molecule has 0 saturated heterocycles. The summed E-state index contributed by atoms with van der Waals surface area (Å²) in [7, 11) is 0. The Bertz CT molecular complexity index is 1010. The van der Waals surface area contributed by atoms with E-state index in [2.05, 4.69) is 0 Å². The number of hydrogen-bond donors (Lipinski definition) is 2. The van der Waals surface area contributed by atoms with Crippen LogP contribution < -0.4 is 15.2 Å². The van der Waals surface area contributed by atoms with Gasteiger partial charge in [-0.3, -0.25) is 19.2 Å². The third-order valence-electron chi connectivity index (χ3n) is 7.35. The molecule has 0 aliphatic carbocycles. The van der Waals surface area contributed by atoms with Crippen molar-refractivity contribution in [1.29, 1.82) is 0 Å². The van der Waals surface area contributed by atoms with Gasteiger partial charge in [-0.15, -0.1) is 0 Å². The number of carboxylic acid groups (broad SMARTS) is 1. The number of carbonyl (C=O) groups excluding carboxylic acids is 3. The smallest absolute Gasteiger partial charge is 0.321 e. The van der Waals surface area contributed by atoms with Crippen LogP contribution in [0.25, 0.3) is 0 Å². The fourth-order valence-electron chi connectivity index (χ4n) is 3.51. The van der Waals surface area contributed by atoms with Gasteiger partial charge in [0.2, 0.25) is 0 Å². The van der Waals surface area contributed by atoms with Crippen molar-refractivity contribution in [2.45, 2.75) is 100.0 Å². The Morgan fingerprint density at radius 2 is 1.41 bits per heavy atom. The van der Waals surface area contributed by atoms with Crippen molar-refractivity contribution in [3.05, 3.63) is 23.8 Å². The number of nitrogens with two attached hydrogens (primary N) is 1. The first-order chi connectivity index (χ1) is 18.0. The van der Waals surface area contributed by atoms with E-state index in [-0.39, 0.29) is 30.5 Å². The number of aliphatic carboxylic acids is 1. The van der Waals surface area contributed by atoms with Crippen LogP contribution in [0.1, 0.15) is 99.5 Å². The molecule has 39 heavy (non-hydrogen) atoms. The molecular formula is C30H47NO8. The van der Waals surface area contributed by atoms with E-state index in [4.69, 9.17) is 19.9 Å². The average molecular weight is 550 g/mol. The number of carboxylic acids is 1. The number of hydrogen-bond acceptors (Lipinski definition) is 8. The summed E-state index contributed by atoms with van der Waals surface area (Å²) in [5.41, 5.74) is 4.96. The molecule has 0 aliphatic rings. The van der Waals surface area contributed by atoms with Crippen molar-refractivity contribution in [1.82, 2.24) is 0 Å². The molecule has 0 saturated carbocycles. The predicted molar refractivity (Wildman–Crippen MR) is 148 cm³/mol. The highest BCUT2D eigenvalue weighted by Crippen LogP contribution is 2.38. The van der Waals surface area contributed by atoms with Crippen LogP contribution in [-0.4, -0.2) is 41.6 Å². The van der Waals surface area contributed by atoms with E-state index in [1.54, 1.807) is 40.7 Å². The van der Waals surface area contributed by atoms with Gasteiger partial charge >= 0.3 is 23.9 Å². The molecule has 0 fully saturated rings. The highest BCUT2D eigenvalue weighted by atomic mass is 16.6. The standard InChI is InChI=1S/C30H47NO8/c1-10-29(6,7)27(35)38-21-14-13-20(16-22(21)39-28(36)30(8,9)11-2)24(25(31)26(33)34)19(5)17-37-23(32)15-12-18(3)4/h13-14,16,18-19,24-25H,10-12,15,17,31H2,1-9H3,(H,33,34)/t19?,24?,25-/m0/s1. The Morgan fingerprint density at radius 1 is 0.897 bits per heavy atom. The third-order valence-corrected chi connectivity index (χ3v) is 7.35. The summed E-state index contributed by atoms with van der Waals surface area (Å²) in [5.74, 6) is -3.53. The normalized spacial score (nSPS) is 14.3. The van der Waals surface area contributed by atoms with Crippen LogP contribution in [0.5, 0.6) is 11.5 Å². The minimum atomic E-state index is -1.34. The Labute approximate surface area is 232 Å². The summed E-state index contributed by atoms with van der Waals surface area (Å²) < 4.78 is 16.8. The molecule has 9 nitrogen and oxygen atoms in total. The summed E-state index contributed by atoms with van der Waals surface area (Å²) in [4.78, 5) is 49.9. The zero-order valence-corrected chi connectivity index (χ0v) is 25.0. The molecular weight excluding hydrogens is 502 g/mol. The first kappa shape index (κ1) is 34.1. The van der Waals surface area contributed by atoms with Crippen molar-refractivity contribution in [2.75, 3.05) is 6.61 Å². The summed E-state index contributed by atoms with van der Waals surface area (Å²) in [6.45, 7) is 16.4. The first-order valence-electron chi connectivity index (χ1n) is 13.7. The third kappa shape index (κ3) is 9.95. The highest BCUT2D eigenvalue weighted by Gasteiger charge is 2.35. The Kier molecular flexibility index (Phi) is 12.6. The van der Waals surface area contributed by atoms with Crippen LogP contribution in [0.3, 0.4) is 0 Å². The molecule has 220 valence electrons. The zero-order chi connectivity index (χ0) is 30.1. The van der Waals surface area contributed by atoms with Gasteiger partial charge in [-0.25, -0.2) is 0 Å². The summed E-state index contributed by atoms with van der Waals surface area (Å²) >= 11 is 0. The van der Waals surface area contributed by atoms with Gasteiger partial charge in [0, 0.05) is 12.3 Å². The molecule has 3 N–H and O–H groups in total. The fourth-order valence-corrected chi connectivity index (χ4v) is 3.51. The first-order valence-corrected chi connectivity index (χ1v) is 13.7. The zero-order valence-electron chi connectivity index (χ0n) is 25.0. The number of esters is 3. The van der Waals surface area contributed by atoms with E-state index < -0.39 is 46.6 Å². The maximum absolute atomic E-state index is 13.0. The number of benzene rings is 1. The van der Waals surface area contributed by atoms with Gasteiger partial charge in [-0.1, -0.05) is 40.7 Å². The van der Waals surface area contributed by atoms with Crippen molar-refractivity contribution in [3.8, 4) is 11.5 Å². The molecule has 0 radical (unpaired) electrons. The monoisotopic (exact) mass is 549 g/mol. The molecule has 1 aromatic carbocycles. The van der Waals surface area contributed by atoms with Gasteiger partial charge in [-0.05, 0) is 76.5 Å². The molecule has 9 heteroatoms. The van der Waals surface area contributed by atoms with Crippen LogP contribution in [0.15, 0.2) is 18.2 Å². The van der Waals surface area contributed by atoms with Crippen LogP contribution in [0, 0.1) is 22.7 Å². The van der Waals surface area contributed by atoms with Crippen molar-refractivity contribution in [3.63, 3.8) is 0 Å². The Morgan fingerprint density at radius 3 is 1.87 bits per heavy atom. The van der Waals surface area contributed by atoms with E-state index in [0.717, 1.165) is 0 Å². The van der Waals surface area contributed by atoms with Crippen molar-refractivity contribution in [2.24, 2.45) is 28.4 Å². The molecule has 1 aromatic rings. The van der Waals surface area contributed by atoms with Gasteiger partial charge in [-0.2, -0.15) is 0 Å². The molecule has 2 unspecified atom stereocenters. The van der Waals surface area contributed by atoms with E-state index >= 15 is 0 Å². The second kappa shape index (κ2) is 14.4. The summed E-state index contributed by atoms with van der Waals surface area (Å²) in [5, 5.41) is 9.74. The molecule has 0 heterocycles. The largest absolute Gasteiger partial charge is 0.480 e. The van der Waals surface area contributed by atoms with E-state index in [0.29, 0.717) is 30.7 Å². The van der Waals surface area contributed by atoms with Gasteiger partial charge < -0.3 is 25.1 Å². The average Bonchev–Trinajstić information content (AvgIpc) is 2.87. The van der Waals surface area contributed by atoms with Gasteiger partial charge in [0.25, 0.3) is 0 Å². The van der Waals surface area contributed by atoms with Crippen LogP contribution in [-0.2, 0) is 23.9 Å². The highest BCUT2D eigenvalue weighted by molar-refractivity contribution is 5.82. The minimum absolute atomic E-state index is 0.0111. The number of ether oxygens (including phenoxy) is 3. The number of carbonyl (C=O) groups is 4. The van der Waals surface area contributed by atoms with E-state index in [9.17, 15) is 24.3 Å². The predicted octanol–water partition coefficient (Wildman–Crippen LogP) is 5.48. The quantitative estimate of drug-likeness (QED) is 0.215. The number of rotatable bonds is 15. The second-order valence-corrected chi connectivity index (χ2v) is 11.9. The van der Waals surface area contributed by atoms with Gasteiger partial charge in [0.1, 0.15) is 6.04 Å². The molecule has 0 bridgehead atoms. The Hall–Kier alpha value is -2.94. The SMILES string of the molecule is CCC(C)(C)C(=O)Oc1ccc(C(C(C)COC(=O)CCC(C)C)[C@H](N)C(=O)O)cc1OC(=O)C(C)(C)CC. The van der Waals surface area contributed by atoms with Gasteiger partial charge in [0.05, 0.1) is 17.4 Å². The maximum Gasteiger partial charge on any atom is 0.321 e. The minimum Gasteiger partial charge on any atom is -0.480 e. The lowest BCUT2D eigenvalue weighted by Gasteiger charge is -2.29. The maximum atomic E-state index is 13.0. The molecule has 0 aromatic heterocycles. The molecule has 0 amide bonds.